The highest BCUT2D eigenvalue weighted by Gasteiger charge is 2.49. The zero-order valence-electron chi connectivity index (χ0n) is 18.0. The number of methoxy groups -OCH3 is 1. The summed E-state index contributed by atoms with van der Waals surface area (Å²) in [4.78, 5) is 38.3. The van der Waals surface area contributed by atoms with Gasteiger partial charge in [0, 0.05) is 23.2 Å². The van der Waals surface area contributed by atoms with Crippen LogP contribution in [0.1, 0.15) is 51.3 Å². The SMILES string of the molecule is COC(=O)C(O)C(C)(O)C1Cc2cc(O)c3c(c2NC1C)C(=O)c1c(ccc(O)c1O)C3=O. The van der Waals surface area contributed by atoms with E-state index in [9.17, 15) is 39.9 Å². The lowest BCUT2D eigenvalue weighted by atomic mass is 9.72. The number of aliphatic hydroxyl groups excluding tert-OH is 1. The molecule has 0 amide bonds. The number of hydrogen-bond acceptors (Lipinski definition) is 10. The minimum Gasteiger partial charge on any atom is -0.507 e. The van der Waals surface area contributed by atoms with Crippen LogP contribution in [-0.2, 0) is 16.0 Å². The quantitative estimate of drug-likeness (QED) is 0.188. The topological polar surface area (TPSA) is 174 Å². The van der Waals surface area contributed by atoms with Crippen LogP contribution < -0.4 is 5.32 Å². The zero-order chi connectivity index (χ0) is 24.4. The summed E-state index contributed by atoms with van der Waals surface area (Å²) in [5.74, 6) is -5.00. The van der Waals surface area contributed by atoms with Gasteiger partial charge in [-0.15, -0.1) is 0 Å². The number of ether oxygens (including phenoxy) is 1. The van der Waals surface area contributed by atoms with Crippen molar-refractivity contribution in [2.45, 2.75) is 38.0 Å². The van der Waals surface area contributed by atoms with Crippen molar-refractivity contribution in [1.82, 2.24) is 0 Å². The molecule has 1 heterocycles. The molecule has 0 radical (unpaired) electrons. The lowest BCUT2D eigenvalue weighted by Gasteiger charge is -2.43. The van der Waals surface area contributed by atoms with Crippen LogP contribution in [0.15, 0.2) is 18.2 Å². The van der Waals surface area contributed by atoms with Gasteiger partial charge in [0.25, 0.3) is 0 Å². The molecule has 0 aromatic heterocycles. The Hall–Kier alpha value is -3.63. The van der Waals surface area contributed by atoms with E-state index in [2.05, 4.69) is 10.1 Å². The summed E-state index contributed by atoms with van der Waals surface area (Å²) in [5.41, 5.74) is -2.27. The molecule has 2 aromatic carbocycles. The van der Waals surface area contributed by atoms with Crippen molar-refractivity contribution in [3.05, 3.63) is 46.0 Å². The van der Waals surface area contributed by atoms with Gasteiger partial charge >= 0.3 is 5.97 Å². The molecular weight excluding hydrogens is 434 g/mol. The van der Waals surface area contributed by atoms with Crippen LogP contribution in [0.25, 0.3) is 0 Å². The minimum atomic E-state index is -1.93. The van der Waals surface area contributed by atoms with E-state index in [0.717, 1.165) is 13.2 Å². The van der Waals surface area contributed by atoms with Gasteiger partial charge in [0.15, 0.2) is 23.4 Å². The lowest BCUT2D eigenvalue weighted by Crippen LogP contribution is -2.56. The van der Waals surface area contributed by atoms with Crippen LogP contribution in [0.5, 0.6) is 17.2 Å². The second kappa shape index (κ2) is 7.46. The maximum atomic E-state index is 13.3. The first-order valence-electron chi connectivity index (χ1n) is 10.2. The number of benzene rings is 2. The van der Waals surface area contributed by atoms with E-state index in [1.807, 2.05) is 0 Å². The fourth-order valence-corrected chi connectivity index (χ4v) is 4.77. The highest BCUT2D eigenvalue weighted by atomic mass is 16.5. The summed E-state index contributed by atoms with van der Waals surface area (Å²) >= 11 is 0. The van der Waals surface area contributed by atoms with Crippen LogP contribution in [0, 0.1) is 5.92 Å². The monoisotopic (exact) mass is 457 g/mol. The number of fused-ring (bicyclic) bond motifs is 4. The first-order chi connectivity index (χ1) is 15.4. The van der Waals surface area contributed by atoms with Gasteiger partial charge in [0.2, 0.25) is 5.78 Å². The van der Waals surface area contributed by atoms with Crippen LogP contribution in [0.4, 0.5) is 5.69 Å². The predicted molar refractivity (Wildman–Crippen MR) is 114 cm³/mol. The first-order valence-corrected chi connectivity index (χ1v) is 10.2. The average molecular weight is 457 g/mol. The number of carbonyl (C=O) groups excluding carboxylic acids is 3. The number of aliphatic hydroxyl groups is 2. The van der Waals surface area contributed by atoms with Crippen molar-refractivity contribution in [3.63, 3.8) is 0 Å². The third-order valence-electron chi connectivity index (χ3n) is 6.61. The number of ketones is 2. The van der Waals surface area contributed by atoms with Gasteiger partial charge < -0.3 is 35.6 Å². The lowest BCUT2D eigenvalue weighted by molar-refractivity contribution is -0.172. The molecule has 1 aliphatic heterocycles. The van der Waals surface area contributed by atoms with E-state index >= 15 is 0 Å². The number of carbonyl (C=O) groups is 3. The third kappa shape index (κ3) is 3.13. The summed E-state index contributed by atoms with van der Waals surface area (Å²) in [6, 6.07) is 2.97. The zero-order valence-corrected chi connectivity index (χ0v) is 18.0. The van der Waals surface area contributed by atoms with Crippen LogP contribution in [0.3, 0.4) is 0 Å². The summed E-state index contributed by atoms with van der Waals surface area (Å²) in [7, 11) is 1.08. The highest BCUT2D eigenvalue weighted by molar-refractivity contribution is 6.32. The largest absolute Gasteiger partial charge is 0.507 e. The fraction of sp³-hybridized carbons (Fsp3) is 0.348. The summed E-state index contributed by atoms with van der Waals surface area (Å²) in [6.45, 7) is 2.95. The second-order valence-electron chi connectivity index (χ2n) is 8.59. The highest BCUT2D eigenvalue weighted by Crippen LogP contribution is 2.47. The molecule has 0 saturated carbocycles. The van der Waals surface area contributed by atoms with E-state index in [1.54, 1.807) is 6.92 Å². The van der Waals surface area contributed by atoms with E-state index in [1.165, 1.54) is 19.1 Å². The van der Waals surface area contributed by atoms with Gasteiger partial charge in [-0.05, 0) is 44.0 Å². The molecule has 4 rings (SSSR count). The first kappa shape index (κ1) is 22.6. The van der Waals surface area contributed by atoms with Crippen LogP contribution in [0.2, 0.25) is 0 Å². The van der Waals surface area contributed by atoms with Gasteiger partial charge in [0.05, 0.1) is 23.8 Å². The molecule has 1 aliphatic carbocycles. The number of esters is 1. The van der Waals surface area contributed by atoms with Crippen LogP contribution >= 0.6 is 0 Å². The van der Waals surface area contributed by atoms with E-state index < -0.39 is 58.4 Å². The van der Waals surface area contributed by atoms with Gasteiger partial charge in [-0.25, -0.2) is 4.79 Å². The molecule has 10 heteroatoms. The van der Waals surface area contributed by atoms with E-state index in [0.29, 0.717) is 5.56 Å². The molecule has 4 unspecified atom stereocenters. The Morgan fingerprint density at radius 3 is 2.42 bits per heavy atom. The third-order valence-corrected chi connectivity index (χ3v) is 6.61. The molecule has 0 spiro atoms. The summed E-state index contributed by atoms with van der Waals surface area (Å²) in [6.07, 6.45) is -1.81. The van der Waals surface area contributed by atoms with Crippen LogP contribution in [-0.4, -0.2) is 67.9 Å². The van der Waals surface area contributed by atoms with Gasteiger partial charge in [-0.2, -0.15) is 0 Å². The molecule has 0 fully saturated rings. The predicted octanol–water partition coefficient (Wildman–Crippen LogP) is 0.836. The maximum absolute atomic E-state index is 13.3. The Bertz CT molecular complexity index is 1220. The molecule has 2 aromatic rings. The van der Waals surface area contributed by atoms with Crippen molar-refractivity contribution in [3.8, 4) is 17.2 Å². The molecule has 10 nitrogen and oxygen atoms in total. The number of nitrogens with one attached hydrogen (secondary N) is 1. The molecule has 174 valence electrons. The Morgan fingerprint density at radius 1 is 1.12 bits per heavy atom. The minimum absolute atomic E-state index is 0.0335. The van der Waals surface area contributed by atoms with Crippen molar-refractivity contribution < 1.29 is 44.7 Å². The molecule has 4 atom stereocenters. The van der Waals surface area contributed by atoms with E-state index in [4.69, 9.17) is 0 Å². The van der Waals surface area contributed by atoms with Gasteiger partial charge in [-0.1, -0.05) is 0 Å². The number of aromatic hydroxyl groups is 3. The smallest absolute Gasteiger partial charge is 0.337 e. The standard InChI is InChI=1S/C23H23NO9/c1-8-11(23(2,32)21(30)22(31)33-3)6-9-7-13(26)15-16(17(9)24-8)20(29)14-10(18(15)27)4-5-12(25)19(14)28/h4-5,7-8,11,21,24-26,28,30,32H,6H2,1-3H3. The Labute approximate surface area is 188 Å². The molecular formula is C23H23NO9. The number of anilines is 1. The van der Waals surface area contributed by atoms with Crippen molar-refractivity contribution in [1.29, 1.82) is 0 Å². The Morgan fingerprint density at radius 2 is 1.79 bits per heavy atom. The molecule has 33 heavy (non-hydrogen) atoms. The number of rotatable bonds is 3. The Kier molecular flexibility index (Phi) is 5.10. The van der Waals surface area contributed by atoms with Gasteiger partial charge in [0.1, 0.15) is 11.4 Å². The maximum Gasteiger partial charge on any atom is 0.337 e. The normalized spacial score (nSPS) is 21.7. The molecule has 0 bridgehead atoms. The van der Waals surface area contributed by atoms with Gasteiger partial charge in [-0.3, -0.25) is 9.59 Å². The molecule has 0 saturated heterocycles. The molecule has 2 aliphatic rings. The van der Waals surface area contributed by atoms with E-state index in [-0.39, 0.29) is 34.4 Å². The summed E-state index contributed by atoms with van der Waals surface area (Å²) < 4.78 is 4.53. The van der Waals surface area contributed by atoms with Crippen molar-refractivity contribution in [2.24, 2.45) is 5.92 Å². The molecule has 6 N–H and O–H groups in total. The summed E-state index contributed by atoms with van der Waals surface area (Å²) in [5, 5.41) is 55.1. The Balaban J connectivity index is 1.85. The average Bonchev–Trinajstić information content (AvgIpc) is 2.77. The van der Waals surface area contributed by atoms with Crippen molar-refractivity contribution in [2.75, 3.05) is 12.4 Å². The number of phenolic OH excluding ortho intramolecular Hbond substituents is 3. The number of hydrogen-bond donors (Lipinski definition) is 6. The van der Waals surface area contributed by atoms with Crippen molar-refractivity contribution >= 4 is 23.2 Å². The number of phenols is 3. The second-order valence-corrected chi connectivity index (χ2v) is 8.59. The fourth-order valence-electron chi connectivity index (χ4n) is 4.77.